The molecule has 2 aromatic heterocycles. The van der Waals surface area contributed by atoms with Crippen molar-refractivity contribution in [2.75, 3.05) is 0 Å². The molecule has 0 fully saturated rings. The first-order valence-electron chi connectivity index (χ1n) is 12.5. The Morgan fingerprint density at radius 2 is 1.37 bits per heavy atom. The van der Waals surface area contributed by atoms with Crippen LogP contribution in [0, 0.1) is 0 Å². The second kappa shape index (κ2) is 8.11. The van der Waals surface area contributed by atoms with Crippen LogP contribution >= 0.6 is 0 Å². The van der Waals surface area contributed by atoms with Crippen molar-refractivity contribution >= 4 is 21.8 Å². The van der Waals surface area contributed by atoms with Crippen molar-refractivity contribution in [3.8, 4) is 51.1 Å². The number of para-hydroxylation sites is 3. The van der Waals surface area contributed by atoms with Gasteiger partial charge in [0.25, 0.3) is 0 Å². The number of ether oxygens (including phenoxy) is 1. The fourth-order valence-electron chi connectivity index (χ4n) is 5.47. The molecule has 0 atom stereocenters. The van der Waals surface area contributed by atoms with Gasteiger partial charge in [0.2, 0.25) is 0 Å². The molecule has 0 spiro atoms. The summed E-state index contributed by atoms with van der Waals surface area (Å²) in [5, 5.41) is 2.32. The lowest BCUT2D eigenvalue weighted by Crippen LogP contribution is -2.00. The quantitative estimate of drug-likeness (QED) is 0.252. The van der Waals surface area contributed by atoms with Gasteiger partial charge in [-0.15, -0.1) is 0 Å². The molecule has 0 saturated heterocycles. The van der Waals surface area contributed by atoms with Crippen molar-refractivity contribution in [1.82, 2.24) is 19.5 Å². The zero-order chi connectivity index (χ0) is 25.1. The van der Waals surface area contributed by atoms with E-state index in [0.717, 1.165) is 50.6 Å². The van der Waals surface area contributed by atoms with Gasteiger partial charge in [-0.3, -0.25) is 4.57 Å². The van der Waals surface area contributed by atoms with E-state index in [-0.39, 0.29) is 0 Å². The third kappa shape index (κ3) is 3.09. The van der Waals surface area contributed by atoms with Gasteiger partial charge in [-0.25, -0.2) is 15.0 Å². The van der Waals surface area contributed by atoms with Crippen molar-refractivity contribution < 1.29 is 4.74 Å². The number of imidazole rings is 1. The van der Waals surface area contributed by atoms with Crippen LogP contribution in [0.3, 0.4) is 0 Å². The molecule has 0 radical (unpaired) electrons. The lowest BCUT2D eigenvalue weighted by Gasteiger charge is -2.22. The fourth-order valence-corrected chi connectivity index (χ4v) is 5.47. The van der Waals surface area contributed by atoms with E-state index in [1.807, 2.05) is 36.4 Å². The highest BCUT2D eigenvalue weighted by Gasteiger charge is 2.21. The predicted octanol–water partition coefficient (Wildman–Crippen LogP) is 8.08. The van der Waals surface area contributed by atoms with Crippen LogP contribution in [0.1, 0.15) is 0 Å². The molecular formula is C33H20N4O. The maximum Gasteiger partial charge on any atom is 0.196 e. The van der Waals surface area contributed by atoms with Gasteiger partial charge in [-0.05, 0) is 64.5 Å². The maximum atomic E-state index is 6.28. The molecule has 3 heterocycles. The molecule has 5 nitrogen and oxygen atoms in total. The van der Waals surface area contributed by atoms with E-state index in [0.29, 0.717) is 5.82 Å². The molecule has 0 unspecified atom stereocenters. The third-order valence-corrected chi connectivity index (χ3v) is 7.16. The van der Waals surface area contributed by atoms with E-state index in [9.17, 15) is 0 Å². The average Bonchev–Trinajstić information content (AvgIpc) is 3.38. The number of hydrogen-bond acceptors (Lipinski definition) is 4. The molecule has 0 saturated carbocycles. The van der Waals surface area contributed by atoms with Crippen LogP contribution in [-0.4, -0.2) is 19.5 Å². The molecule has 1 aliphatic heterocycles. The Kier molecular flexibility index (Phi) is 4.45. The first kappa shape index (κ1) is 20.9. The molecule has 0 bridgehead atoms. The Bertz CT molecular complexity index is 1990. The van der Waals surface area contributed by atoms with Crippen LogP contribution < -0.4 is 4.74 Å². The summed E-state index contributed by atoms with van der Waals surface area (Å²) < 4.78 is 8.40. The maximum absolute atomic E-state index is 6.28. The molecule has 5 heteroatoms. The monoisotopic (exact) mass is 488 g/mol. The molecule has 0 aliphatic carbocycles. The second-order valence-corrected chi connectivity index (χ2v) is 9.32. The topological polar surface area (TPSA) is 52.8 Å². The van der Waals surface area contributed by atoms with Crippen molar-refractivity contribution in [3.05, 3.63) is 122 Å². The van der Waals surface area contributed by atoms with E-state index < -0.39 is 0 Å². The molecule has 8 rings (SSSR count). The summed E-state index contributed by atoms with van der Waals surface area (Å²) in [6.07, 6.45) is 3.49. The molecular weight excluding hydrogens is 468 g/mol. The smallest absolute Gasteiger partial charge is 0.196 e. The minimum absolute atomic E-state index is 0.594. The molecule has 7 aromatic rings. The Hall–Kier alpha value is -5.29. The molecule has 178 valence electrons. The van der Waals surface area contributed by atoms with E-state index in [1.54, 1.807) is 12.4 Å². The Balaban J connectivity index is 1.28. The highest BCUT2D eigenvalue weighted by molar-refractivity contribution is 6.09. The van der Waals surface area contributed by atoms with Crippen molar-refractivity contribution in [2.45, 2.75) is 0 Å². The van der Waals surface area contributed by atoms with Crippen LogP contribution in [0.2, 0.25) is 0 Å². The van der Waals surface area contributed by atoms with Gasteiger partial charge in [-0.2, -0.15) is 0 Å². The molecule has 0 amide bonds. The Morgan fingerprint density at radius 1 is 0.579 bits per heavy atom. The lowest BCUT2D eigenvalue weighted by molar-refractivity contribution is 0.487. The molecule has 38 heavy (non-hydrogen) atoms. The first-order valence-corrected chi connectivity index (χ1v) is 12.5. The number of benzene rings is 5. The number of rotatable bonds is 3. The Morgan fingerprint density at radius 3 is 2.26 bits per heavy atom. The first-order chi connectivity index (χ1) is 18.8. The number of fused-ring (bicyclic) bond motifs is 3. The van der Waals surface area contributed by atoms with Gasteiger partial charge in [-0.1, -0.05) is 66.7 Å². The van der Waals surface area contributed by atoms with Crippen molar-refractivity contribution in [2.24, 2.45) is 0 Å². The standard InChI is InChI=1S/C33H20N4O/c1-4-12-29-24(7-1)26-9-5-8-25-23(17-18-30(38-29)31(25)26)21-13-15-22(16-14-21)37-28-11-3-2-10-27(28)36-33(37)32-34-19-6-20-35-32/h1-20H. The van der Waals surface area contributed by atoms with E-state index in [2.05, 4.69) is 87.3 Å². The zero-order valence-electron chi connectivity index (χ0n) is 20.2. The van der Waals surface area contributed by atoms with E-state index in [1.165, 1.54) is 16.5 Å². The largest absolute Gasteiger partial charge is 0.456 e. The molecule has 1 aliphatic rings. The summed E-state index contributed by atoms with van der Waals surface area (Å²) in [4.78, 5) is 13.8. The summed E-state index contributed by atoms with van der Waals surface area (Å²) in [5.74, 6) is 3.11. The predicted molar refractivity (Wildman–Crippen MR) is 151 cm³/mol. The van der Waals surface area contributed by atoms with Gasteiger partial charge in [0.15, 0.2) is 11.6 Å². The second-order valence-electron chi connectivity index (χ2n) is 9.32. The fraction of sp³-hybridized carbons (Fsp3) is 0. The van der Waals surface area contributed by atoms with E-state index >= 15 is 0 Å². The lowest BCUT2D eigenvalue weighted by atomic mass is 9.90. The van der Waals surface area contributed by atoms with Crippen LogP contribution in [0.15, 0.2) is 122 Å². The SMILES string of the molecule is c1cnc(-c2nc3ccccc3n2-c2ccc(-c3ccc4c5c(cccc35)-c3ccccc3O4)cc2)nc1. The van der Waals surface area contributed by atoms with Gasteiger partial charge in [0.05, 0.1) is 11.0 Å². The van der Waals surface area contributed by atoms with Crippen LogP contribution in [0.5, 0.6) is 11.5 Å². The highest BCUT2D eigenvalue weighted by Crippen LogP contribution is 2.48. The number of nitrogens with zero attached hydrogens (tertiary/aromatic N) is 4. The summed E-state index contributed by atoms with van der Waals surface area (Å²) in [5.41, 5.74) is 7.56. The minimum Gasteiger partial charge on any atom is -0.456 e. The molecule has 0 N–H and O–H groups in total. The number of hydrogen-bond donors (Lipinski definition) is 0. The van der Waals surface area contributed by atoms with Gasteiger partial charge in [0, 0.05) is 29.0 Å². The van der Waals surface area contributed by atoms with Crippen LogP contribution in [-0.2, 0) is 0 Å². The van der Waals surface area contributed by atoms with Crippen molar-refractivity contribution in [1.29, 1.82) is 0 Å². The Labute approximate surface area is 218 Å². The van der Waals surface area contributed by atoms with Crippen LogP contribution in [0.4, 0.5) is 0 Å². The highest BCUT2D eigenvalue weighted by atomic mass is 16.5. The summed E-state index contributed by atoms with van der Waals surface area (Å²) in [7, 11) is 0. The van der Waals surface area contributed by atoms with Crippen LogP contribution in [0.25, 0.3) is 61.4 Å². The zero-order valence-corrected chi connectivity index (χ0v) is 20.2. The third-order valence-electron chi connectivity index (χ3n) is 7.16. The van der Waals surface area contributed by atoms with Gasteiger partial charge < -0.3 is 4.74 Å². The summed E-state index contributed by atoms with van der Waals surface area (Å²) in [6.45, 7) is 0. The average molecular weight is 489 g/mol. The minimum atomic E-state index is 0.594. The van der Waals surface area contributed by atoms with Gasteiger partial charge >= 0.3 is 0 Å². The number of aromatic nitrogens is 4. The van der Waals surface area contributed by atoms with Gasteiger partial charge in [0.1, 0.15) is 11.5 Å². The van der Waals surface area contributed by atoms with Crippen molar-refractivity contribution in [3.63, 3.8) is 0 Å². The summed E-state index contributed by atoms with van der Waals surface area (Å²) in [6, 6.07) is 37.5. The molecule has 5 aromatic carbocycles. The normalized spacial score (nSPS) is 11.9. The van der Waals surface area contributed by atoms with E-state index in [4.69, 9.17) is 9.72 Å². The summed E-state index contributed by atoms with van der Waals surface area (Å²) >= 11 is 0.